The fourth-order valence-corrected chi connectivity index (χ4v) is 3.58. The summed E-state index contributed by atoms with van der Waals surface area (Å²) < 4.78 is 1.36. The van der Waals surface area contributed by atoms with Crippen LogP contribution in [0.4, 0.5) is 0 Å². The van der Waals surface area contributed by atoms with Crippen LogP contribution in [0.25, 0.3) is 10.1 Å². The highest BCUT2D eigenvalue weighted by Gasteiger charge is 2.15. The molecule has 20 heavy (non-hydrogen) atoms. The number of fused-ring (bicyclic) bond motifs is 1. The lowest BCUT2D eigenvalue weighted by Gasteiger charge is -2.17. The molecule has 0 saturated carbocycles. The zero-order valence-corrected chi connectivity index (χ0v) is 12.4. The lowest BCUT2D eigenvalue weighted by atomic mass is 9.99. The van der Waals surface area contributed by atoms with Crippen molar-refractivity contribution in [2.75, 3.05) is 6.54 Å². The van der Waals surface area contributed by atoms with Crippen LogP contribution in [0.5, 0.6) is 0 Å². The molecule has 1 unspecified atom stereocenters. The number of hydrogen-bond donors (Lipinski definition) is 1. The first kappa shape index (κ1) is 13.3. The Morgan fingerprint density at radius 3 is 2.75 bits per heavy atom. The number of nitrogens with one attached hydrogen (secondary N) is 1. The molecule has 3 rings (SSSR count). The highest BCUT2D eigenvalue weighted by atomic mass is 32.1. The third kappa shape index (κ3) is 2.74. The molecule has 1 atom stereocenters. The standard InChI is InChI=1S/C17H18N2S/c1-2-19-16(11-13-7-9-18-10-8-13)15-12-20-17-6-4-3-5-14(15)17/h3-10,12,16,19H,2,11H2,1H3. The molecule has 2 aromatic heterocycles. The van der Waals surface area contributed by atoms with Gasteiger partial charge in [-0.05, 0) is 53.1 Å². The van der Waals surface area contributed by atoms with Gasteiger partial charge in [-0.1, -0.05) is 25.1 Å². The number of likely N-dealkylation sites (N-methyl/N-ethyl adjacent to an activating group) is 1. The maximum atomic E-state index is 4.09. The first-order valence-corrected chi connectivity index (χ1v) is 7.85. The van der Waals surface area contributed by atoms with E-state index >= 15 is 0 Å². The summed E-state index contributed by atoms with van der Waals surface area (Å²) in [5.74, 6) is 0. The van der Waals surface area contributed by atoms with Gasteiger partial charge in [0, 0.05) is 23.1 Å². The van der Waals surface area contributed by atoms with Crippen molar-refractivity contribution in [1.29, 1.82) is 0 Å². The normalized spacial score (nSPS) is 12.7. The summed E-state index contributed by atoms with van der Waals surface area (Å²) in [4.78, 5) is 4.09. The molecule has 0 spiro atoms. The molecule has 1 aromatic carbocycles. The molecule has 0 fully saturated rings. The van der Waals surface area contributed by atoms with Crippen LogP contribution in [0.15, 0.2) is 54.2 Å². The van der Waals surface area contributed by atoms with Crippen molar-refractivity contribution in [3.63, 3.8) is 0 Å². The van der Waals surface area contributed by atoms with Gasteiger partial charge >= 0.3 is 0 Å². The highest BCUT2D eigenvalue weighted by molar-refractivity contribution is 7.17. The van der Waals surface area contributed by atoms with Gasteiger partial charge in [-0.3, -0.25) is 4.98 Å². The Morgan fingerprint density at radius 1 is 1.15 bits per heavy atom. The van der Waals surface area contributed by atoms with Gasteiger partial charge in [0.1, 0.15) is 0 Å². The van der Waals surface area contributed by atoms with Crippen molar-refractivity contribution < 1.29 is 0 Å². The van der Waals surface area contributed by atoms with Crippen molar-refractivity contribution >= 4 is 21.4 Å². The minimum Gasteiger partial charge on any atom is -0.310 e. The van der Waals surface area contributed by atoms with Crippen molar-refractivity contribution in [3.05, 3.63) is 65.3 Å². The number of aromatic nitrogens is 1. The summed E-state index contributed by atoms with van der Waals surface area (Å²) in [5, 5.41) is 7.28. The smallest absolute Gasteiger partial charge is 0.0375 e. The van der Waals surface area contributed by atoms with E-state index in [0.29, 0.717) is 6.04 Å². The van der Waals surface area contributed by atoms with Gasteiger partial charge in [0.05, 0.1) is 0 Å². The average molecular weight is 282 g/mol. The van der Waals surface area contributed by atoms with Gasteiger partial charge in [-0.2, -0.15) is 0 Å². The fraction of sp³-hybridized carbons (Fsp3) is 0.235. The van der Waals surface area contributed by atoms with E-state index in [0.717, 1.165) is 13.0 Å². The van der Waals surface area contributed by atoms with Crippen molar-refractivity contribution in [2.45, 2.75) is 19.4 Å². The number of pyridine rings is 1. The van der Waals surface area contributed by atoms with Crippen LogP contribution in [0.3, 0.4) is 0 Å². The van der Waals surface area contributed by atoms with E-state index in [4.69, 9.17) is 0 Å². The molecule has 2 nitrogen and oxygen atoms in total. The molecule has 0 saturated heterocycles. The minimum atomic E-state index is 0.360. The van der Waals surface area contributed by atoms with Crippen molar-refractivity contribution in [2.24, 2.45) is 0 Å². The third-order valence-corrected chi connectivity index (χ3v) is 4.51. The molecule has 0 bridgehead atoms. The maximum Gasteiger partial charge on any atom is 0.0375 e. The predicted octanol–water partition coefficient (Wildman–Crippen LogP) is 4.19. The van der Waals surface area contributed by atoms with Crippen LogP contribution >= 0.6 is 11.3 Å². The molecule has 102 valence electrons. The number of thiophene rings is 1. The summed E-state index contributed by atoms with van der Waals surface area (Å²) in [7, 11) is 0. The quantitative estimate of drug-likeness (QED) is 0.759. The Hall–Kier alpha value is -1.71. The minimum absolute atomic E-state index is 0.360. The van der Waals surface area contributed by atoms with Gasteiger partial charge < -0.3 is 5.32 Å². The lowest BCUT2D eigenvalue weighted by molar-refractivity contribution is 0.554. The first-order chi connectivity index (χ1) is 9.88. The topological polar surface area (TPSA) is 24.9 Å². The highest BCUT2D eigenvalue weighted by Crippen LogP contribution is 2.31. The molecule has 0 amide bonds. The third-order valence-electron chi connectivity index (χ3n) is 3.53. The van der Waals surface area contributed by atoms with Gasteiger partial charge in [-0.25, -0.2) is 0 Å². The van der Waals surface area contributed by atoms with Crippen LogP contribution in [-0.4, -0.2) is 11.5 Å². The summed E-state index contributed by atoms with van der Waals surface area (Å²) in [5.41, 5.74) is 2.73. The molecule has 0 radical (unpaired) electrons. The SMILES string of the molecule is CCNC(Cc1ccncc1)c1csc2ccccc12. The summed E-state index contributed by atoms with van der Waals surface area (Å²) >= 11 is 1.83. The molecule has 0 aliphatic carbocycles. The monoisotopic (exact) mass is 282 g/mol. The zero-order chi connectivity index (χ0) is 13.8. The van der Waals surface area contributed by atoms with E-state index in [1.54, 1.807) is 0 Å². The summed E-state index contributed by atoms with van der Waals surface area (Å²) in [6, 6.07) is 13.2. The fourth-order valence-electron chi connectivity index (χ4n) is 2.56. The van der Waals surface area contributed by atoms with E-state index in [-0.39, 0.29) is 0 Å². The second-order valence-electron chi connectivity index (χ2n) is 4.86. The Balaban J connectivity index is 1.94. The Kier molecular flexibility index (Phi) is 4.09. The molecule has 1 N–H and O–H groups in total. The van der Waals surface area contributed by atoms with E-state index in [1.807, 2.05) is 23.7 Å². The van der Waals surface area contributed by atoms with Crippen LogP contribution in [0, 0.1) is 0 Å². The molecule has 3 aromatic rings. The summed E-state index contributed by atoms with van der Waals surface area (Å²) in [6.45, 7) is 3.13. The number of nitrogens with zero attached hydrogens (tertiary/aromatic N) is 1. The largest absolute Gasteiger partial charge is 0.310 e. The Morgan fingerprint density at radius 2 is 1.95 bits per heavy atom. The van der Waals surface area contributed by atoms with Crippen LogP contribution < -0.4 is 5.32 Å². The first-order valence-electron chi connectivity index (χ1n) is 6.97. The Labute approximate surface area is 123 Å². The van der Waals surface area contributed by atoms with Crippen molar-refractivity contribution in [3.8, 4) is 0 Å². The van der Waals surface area contributed by atoms with Crippen LogP contribution in [0.1, 0.15) is 24.1 Å². The van der Waals surface area contributed by atoms with E-state index in [1.165, 1.54) is 21.2 Å². The van der Waals surface area contributed by atoms with Gasteiger partial charge in [0.15, 0.2) is 0 Å². The average Bonchev–Trinajstić information content (AvgIpc) is 2.92. The van der Waals surface area contributed by atoms with E-state index < -0.39 is 0 Å². The van der Waals surface area contributed by atoms with Crippen molar-refractivity contribution in [1.82, 2.24) is 10.3 Å². The molecule has 0 aliphatic rings. The van der Waals surface area contributed by atoms with Gasteiger partial charge in [0.2, 0.25) is 0 Å². The lowest BCUT2D eigenvalue weighted by Crippen LogP contribution is -2.22. The Bertz CT molecular complexity index is 676. The van der Waals surface area contributed by atoms with E-state index in [2.05, 4.69) is 59.0 Å². The number of benzene rings is 1. The molecular weight excluding hydrogens is 264 g/mol. The van der Waals surface area contributed by atoms with Crippen LogP contribution in [0.2, 0.25) is 0 Å². The number of rotatable bonds is 5. The molecule has 3 heteroatoms. The van der Waals surface area contributed by atoms with Crippen LogP contribution in [-0.2, 0) is 6.42 Å². The van der Waals surface area contributed by atoms with Gasteiger partial charge in [-0.15, -0.1) is 11.3 Å². The zero-order valence-electron chi connectivity index (χ0n) is 11.5. The molecular formula is C17H18N2S. The number of hydrogen-bond acceptors (Lipinski definition) is 3. The second-order valence-corrected chi connectivity index (χ2v) is 5.77. The predicted molar refractivity (Wildman–Crippen MR) is 86.2 cm³/mol. The second kappa shape index (κ2) is 6.16. The molecule has 2 heterocycles. The molecule has 0 aliphatic heterocycles. The van der Waals surface area contributed by atoms with Gasteiger partial charge in [0.25, 0.3) is 0 Å². The summed E-state index contributed by atoms with van der Waals surface area (Å²) in [6.07, 6.45) is 4.73. The van der Waals surface area contributed by atoms with E-state index in [9.17, 15) is 0 Å². The maximum absolute atomic E-state index is 4.09.